The van der Waals surface area contributed by atoms with E-state index in [1.165, 1.54) is 5.56 Å². The Morgan fingerprint density at radius 2 is 1.75 bits per heavy atom. The van der Waals surface area contributed by atoms with Crippen LogP contribution in [0.5, 0.6) is 0 Å². The number of benzene rings is 2. The predicted octanol–water partition coefficient (Wildman–Crippen LogP) is 3.75. The second kappa shape index (κ2) is 6.65. The Kier molecular flexibility index (Phi) is 4.89. The van der Waals surface area contributed by atoms with Gasteiger partial charge in [0.1, 0.15) is 0 Å². The molecule has 0 unspecified atom stereocenters. The van der Waals surface area contributed by atoms with Crippen molar-refractivity contribution < 1.29 is 4.79 Å². The molecule has 2 aromatic rings. The molecule has 0 aromatic heterocycles. The Hall–Kier alpha value is -1.69. The van der Waals surface area contributed by atoms with Gasteiger partial charge in [0, 0.05) is 3.57 Å². The number of nitrogens with one attached hydrogen (secondary N) is 1. The average Bonchev–Trinajstić information content (AvgIpc) is 2.45. The van der Waals surface area contributed by atoms with Gasteiger partial charge in [-0.2, -0.15) is 5.10 Å². The van der Waals surface area contributed by atoms with Gasteiger partial charge in [0.2, 0.25) is 0 Å². The summed E-state index contributed by atoms with van der Waals surface area (Å²) in [6, 6.07) is 15.5. The van der Waals surface area contributed by atoms with E-state index in [1.807, 2.05) is 56.3 Å². The summed E-state index contributed by atoms with van der Waals surface area (Å²) in [6.45, 7) is 3.91. The number of rotatable bonds is 3. The number of hydrogen-bond donors (Lipinski definition) is 1. The standard InChI is InChI=1S/C16H15IN2O/c1-11-7-9-13(10-8-11)12(2)18-19-16(20)14-5-3-4-6-15(14)17/h3-10H,1-2H3,(H,19,20)/b18-12+. The quantitative estimate of drug-likeness (QED) is 0.493. The number of carbonyl (C=O) groups is 1. The van der Waals surface area contributed by atoms with Gasteiger partial charge in [0.25, 0.3) is 5.91 Å². The minimum Gasteiger partial charge on any atom is -0.267 e. The van der Waals surface area contributed by atoms with Crippen LogP contribution in [0.25, 0.3) is 0 Å². The van der Waals surface area contributed by atoms with E-state index in [-0.39, 0.29) is 5.91 Å². The summed E-state index contributed by atoms with van der Waals surface area (Å²) >= 11 is 2.14. The normalized spacial score (nSPS) is 11.2. The molecule has 0 radical (unpaired) electrons. The van der Waals surface area contributed by atoms with Crippen LogP contribution in [-0.4, -0.2) is 11.6 Å². The van der Waals surface area contributed by atoms with Gasteiger partial charge in [-0.15, -0.1) is 0 Å². The topological polar surface area (TPSA) is 41.5 Å². The van der Waals surface area contributed by atoms with Crippen LogP contribution in [0.3, 0.4) is 0 Å². The zero-order valence-corrected chi connectivity index (χ0v) is 13.5. The molecule has 3 nitrogen and oxygen atoms in total. The summed E-state index contributed by atoms with van der Waals surface area (Å²) in [6.07, 6.45) is 0. The molecule has 1 amide bonds. The summed E-state index contributed by atoms with van der Waals surface area (Å²) < 4.78 is 0.908. The van der Waals surface area contributed by atoms with Crippen molar-refractivity contribution in [3.63, 3.8) is 0 Å². The highest BCUT2D eigenvalue weighted by Crippen LogP contribution is 2.11. The molecule has 0 aliphatic carbocycles. The zero-order chi connectivity index (χ0) is 14.5. The van der Waals surface area contributed by atoms with Crippen LogP contribution >= 0.6 is 22.6 Å². The highest BCUT2D eigenvalue weighted by atomic mass is 127. The van der Waals surface area contributed by atoms with Gasteiger partial charge in [-0.25, -0.2) is 5.43 Å². The Labute approximate surface area is 132 Å². The lowest BCUT2D eigenvalue weighted by atomic mass is 10.1. The van der Waals surface area contributed by atoms with Gasteiger partial charge < -0.3 is 0 Å². The van der Waals surface area contributed by atoms with Crippen LogP contribution in [0.15, 0.2) is 53.6 Å². The second-order valence-electron chi connectivity index (χ2n) is 4.48. The number of aryl methyl sites for hydroxylation is 1. The van der Waals surface area contributed by atoms with Crippen molar-refractivity contribution in [3.8, 4) is 0 Å². The maximum atomic E-state index is 12.0. The lowest BCUT2D eigenvalue weighted by Gasteiger charge is -2.05. The molecule has 0 aliphatic rings. The van der Waals surface area contributed by atoms with Gasteiger partial charge in [0.15, 0.2) is 0 Å². The lowest BCUT2D eigenvalue weighted by molar-refractivity contribution is 0.0954. The van der Waals surface area contributed by atoms with Crippen LogP contribution < -0.4 is 5.43 Å². The Balaban J connectivity index is 2.11. The molecule has 2 aromatic carbocycles. The third-order valence-electron chi connectivity index (χ3n) is 2.91. The number of hydrogen-bond acceptors (Lipinski definition) is 2. The number of halogens is 1. The smallest absolute Gasteiger partial charge is 0.267 e. The van der Waals surface area contributed by atoms with Crippen molar-refractivity contribution >= 4 is 34.2 Å². The fourth-order valence-electron chi connectivity index (χ4n) is 1.70. The molecule has 2 rings (SSSR count). The number of carbonyl (C=O) groups excluding carboxylic acids is 1. The first-order chi connectivity index (χ1) is 9.58. The summed E-state index contributed by atoms with van der Waals surface area (Å²) in [5, 5.41) is 4.16. The molecule has 1 N–H and O–H groups in total. The highest BCUT2D eigenvalue weighted by molar-refractivity contribution is 14.1. The van der Waals surface area contributed by atoms with Crippen LogP contribution in [0.1, 0.15) is 28.4 Å². The molecule has 20 heavy (non-hydrogen) atoms. The Bertz CT molecular complexity index is 648. The van der Waals surface area contributed by atoms with E-state index in [1.54, 1.807) is 6.07 Å². The summed E-state index contributed by atoms with van der Waals surface area (Å²) in [5.74, 6) is -0.193. The van der Waals surface area contributed by atoms with Crippen molar-refractivity contribution in [3.05, 3.63) is 68.8 Å². The van der Waals surface area contributed by atoms with Gasteiger partial charge >= 0.3 is 0 Å². The zero-order valence-electron chi connectivity index (χ0n) is 11.4. The SMILES string of the molecule is C/C(=N\NC(=O)c1ccccc1I)c1ccc(C)cc1. The van der Waals surface area contributed by atoms with E-state index in [4.69, 9.17) is 0 Å². The highest BCUT2D eigenvalue weighted by Gasteiger charge is 2.08. The second-order valence-corrected chi connectivity index (χ2v) is 5.65. The summed E-state index contributed by atoms with van der Waals surface area (Å²) in [5.41, 5.74) is 6.21. The maximum Gasteiger partial charge on any atom is 0.272 e. The molecule has 0 fully saturated rings. The molecule has 0 aliphatic heterocycles. The molecule has 0 spiro atoms. The van der Waals surface area contributed by atoms with Gasteiger partial charge in [-0.3, -0.25) is 4.79 Å². The maximum absolute atomic E-state index is 12.0. The van der Waals surface area contributed by atoms with Gasteiger partial charge in [-0.1, -0.05) is 42.0 Å². The van der Waals surface area contributed by atoms with Crippen molar-refractivity contribution in [1.29, 1.82) is 0 Å². The molecule has 0 saturated carbocycles. The van der Waals surface area contributed by atoms with Crippen molar-refractivity contribution in [2.75, 3.05) is 0 Å². The van der Waals surface area contributed by atoms with Crippen molar-refractivity contribution in [2.24, 2.45) is 5.10 Å². The minimum absolute atomic E-state index is 0.193. The van der Waals surface area contributed by atoms with Crippen LogP contribution in [-0.2, 0) is 0 Å². The van der Waals surface area contributed by atoms with E-state index in [2.05, 4.69) is 33.1 Å². The number of nitrogens with zero attached hydrogens (tertiary/aromatic N) is 1. The number of amides is 1. The molecule has 0 atom stereocenters. The first-order valence-electron chi connectivity index (χ1n) is 6.24. The molecule has 0 bridgehead atoms. The van der Waals surface area contributed by atoms with E-state index in [0.29, 0.717) is 5.56 Å². The van der Waals surface area contributed by atoms with Crippen molar-refractivity contribution in [2.45, 2.75) is 13.8 Å². The fourth-order valence-corrected chi connectivity index (χ4v) is 2.33. The lowest BCUT2D eigenvalue weighted by Crippen LogP contribution is -2.20. The molecule has 0 heterocycles. The average molecular weight is 378 g/mol. The summed E-state index contributed by atoms with van der Waals surface area (Å²) in [7, 11) is 0. The van der Waals surface area contributed by atoms with E-state index in [0.717, 1.165) is 14.8 Å². The van der Waals surface area contributed by atoms with Crippen LogP contribution in [0, 0.1) is 10.5 Å². The fraction of sp³-hybridized carbons (Fsp3) is 0.125. The van der Waals surface area contributed by atoms with Gasteiger partial charge in [-0.05, 0) is 54.1 Å². The van der Waals surface area contributed by atoms with Crippen LogP contribution in [0.4, 0.5) is 0 Å². The molecule has 4 heteroatoms. The molecular weight excluding hydrogens is 363 g/mol. The Morgan fingerprint density at radius 3 is 2.40 bits per heavy atom. The molecular formula is C16H15IN2O. The molecule has 102 valence electrons. The van der Waals surface area contributed by atoms with E-state index >= 15 is 0 Å². The number of hydrazone groups is 1. The molecule has 0 saturated heterocycles. The van der Waals surface area contributed by atoms with Gasteiger partial charge in [0.05, 0.1) is 11.3 Å². The van der Waals surface area contributed by atoms with E-state index < -0.39 is 0 Å². The monoisotopic (exact) mass is 378 g/mol. The largest absolute Gasteiger partial charge is 0.272 e. The third-order valence-corrected chi connectivity index (χ3v) is 3.85. The van der Waals surface area contributed by atoms with E-state index in [9.17, 15) is 4.79 Å². The minimum atomic E-state index is -0.193. The van der Waals surface area contributed by atoms with Crippen molar-refractivity contribution in [1.82, 2.24) is 5.43 Å². The first kappa shape index (κ1) is 14.7. The Morgan fingerprint density at radius 1 is 1.10 bits per heavy atom. The summed E-state index contributed by atoms with van der Waals surface area (Å²) in [4.78, 5) is 12.0. The predicted molar refractivity (Wildman–Crippen MR) is 90.0 cm³/mol. The first-order valence-corrected chi connectivity index (χ1v) is 7.32. The van der Waals surface area contributed by atoms with Crippen LogP contribution in [0.2, 0.25) is 0 Å². The third kappa shape index (κ3) is 3.66.